The molecule has 3 aliphatic rings. The summed E-state index contributed by atoms with van der Waals surface area (Å²) in [6, 6.07) is 5.65. The van der Waals surface area contributed by atoms with Crippen molar-refractivity contribution in [1.29, 1.82) is 0 Å². The number of para-hydroxylation sites is 1. The summed E-state index contributed by atoms with van der Waals surface area (Å²) in [5.74, 6) is 0.693. The van der Waals surface area contributed by atoms with E-state index in [0.717, 1.165) is 5.56 Å². The molecule has 0 unspecified atom stereocenters. The molecule has 1 saturated heterocycles. The second-order valence-electron chi connectivity index (χ2n) is 6.44. The lowest BCUT2D eigenvalue weighted by atomic mass is 9.49. The number of amides is 2. The molecule has 4 heteroatoms. The Kier molecular flexibility index (Phi) is 2.05. The van der Waals surface area contributed by atoms with Crippen LogP contribution in [-0.2, 0) is 9.59 Å². The highest BCUT2D eigenvalue weighted by Gasteiger charge is 2.72. The first-order valence-corrected chi connectivity index (χ1v) is 7.08. The van der Waals surface area contributed by atoms with E-state index in [1.54, 1.807) is 0 Å². The number of anilines is 1. The van der Waals surface area contributed by atoms with Gasteiger partial charge < -0.3 is 4.74 Å². The van der Waals surface area contributed by atoms with Gasteiger partial charge >= 0.3 is 0 Å². The third-order valence-corrected chi connectivity index (χ3v) is 5.57. The number of ether oxygens (including phenoxy) is 1. The van der Waals surface area contributed by atoms with Gasteiger partial charge in [0.15, 0.2) is 0 Å². The summed E-state index contributed by atoms with van der Waals surface area (Å²) < 4.78 is 5.93. The van der Waals surface area contributed by atoms with Crippen LogP contribution in [-0.4, -0.2) is 18.4 Å². The number of carbonyl (C=O) groups is 2. The summed E-state index contributed by atoms with van der Waals surface area (Å²) in [6.07, 6.45) is 0. The molecule has 1 saturated carbocycles. The van der Waals surface area contributed by atoms with Gasteiger partial charge in [-0.3, -0.25) is 9.59 Å². The van der Waals surface area contributed by atoms with Crippen molar-refractivity contribution in [2.24, 2.45) is 23.2 Å². The number of benzene rings is 1. The first-order chi connectivity index (χ1) is 9.48. The van der Waals surface area contributed by atoms with E-state index in [1.807, 2.05) is 32.0 Å². The number of rotatable bonds is 0. The molecule has 4 rings (SSSR count). The molecule has 20 heavy (non-hydrogen) atoms. The minimum absolute atomic E-state index is 0.0468. The van der Waals surface area contributed by atoms with Gasteiger partial charge in [-0.15, -0.1) is 0 Å². The van der Waals surface area contributed by atoms with Gasteiger partial charge in [0.2, 0.25) is 11.8 Å². The molecule has 4 atom stereocenters. The Morgan fingerprint density at radius 1 is 1.35 bits per heavy atom. The molecule has 2 fully saturated rings. The molecule has 2 aliphatic heterocycles. The zero-order valence-corrected chi connectivity index (χ0v) is 11.8. The first-order valence-electron chi connectivity index (χ1n) is 7.08. The van der Waals surface area contributed by atoms with Crippen molar-refractivity contribution in [1.82, 2.24) is 0 Å². The molecule has 1 aliphatic carbocycles. The fourth-order valence-corrected chi connectivity index (χ4v) is 4.44. The SMILES string of the molecule is Cc1cccc2c1N1C(=O)[C@@H]3[C@@H](C)[C@@H](CO2)[C@]3(C)C1=O. The molecule has 0 radical (unpaired) electrons. The minimum Gasteiger partial charge on any atom is -0.491 e. The molecule has 0 N–H and O–H groups in total. The average Bonchev–Trinajstić information content (AvgIpc) is 2.61. The monoisotopic (exact) mass is 271 g/mol. The summed E-state index contributed by atoms with van der Waals surface area (Å²) in [5, 5.41) is 0. The standard InChI is InChI=1S/C16H17NO3/c1-8-5-4-6-11-13(8)17-14(18)12-9(2)10(7-20-11)16(12,3)15(17)19/h4-6,9-10,12H,7H2,1-3H3/t9-,10+,12-,16-/m0/s1. The summed E-state index contributed by atoms with van der Waals surface area (Å²) in [7, 11) is 0. The highest BCUT2D eigenvalue weighted by atomic mass is 16.5. The Morgan fingerprint density at radius 3 is 2.85 bits per heavy atom. The van der Waals surface area contributed by atoms with Crippen LogP contribution in [0.2, 0.25) is 0 Å². The number of hydrogen-bond donors (Lipinski definition) is 0. The smallest absolute Gasteiger partial charge is 0.241 e. The molecular weight excluding hydrogens is 254 g/mol. The average molecular weight is 271 g/mol. The minimum atomic E-state index is -0.573. The normalized spacial score (nSPS) is 37.8. The number of imide groups is 1. The van der Waals surface area contributed by atoms with E-state index in [9.17, 15) is 9.59 Å². The lowest BCUT2D eigenvalue weighted by Crippen LogP contribution is -2.58. The van der Waals surface area contributed by atoms with Crippen LogP contribution in [0.4, 0.5) is 5.69 Å². The van der Waals surface area contributed by atoms with Gasteiger partial charge in [0.1, 0.15) is 5.75 Å². The highest BCUT2D eigenvalue weighted by molar-refractivity contribution is 6.25. The molecule has 2 amide bonds. The Balaban J connectivity index is 1.98. The Morgan fingerprint density at radius 2 is 2.10 bits per heavy atom. The molecular formula is C16H17NO3. The lowest BCUT2D eigenvalue weighted by molar-refractivity contribution is -0.156. The highest BCUT2D eigenvalue weighted by Crippen LogP contribution is 2.63. The second-order valence-corrected chi connectivity index (χ2v) is 6.44. The van der Waals surface area contributed by atoms with E-state index in [0.29, 0.717) is 18.0 Å². The fourth-order valence-electron chi connectivity index (χ4n) is 4.44. The van der Waals surface area contributed by atoms with Crippen LogP contribution in [0.25, 0.3) is 0 Å². The van der Waals surface area contributed by atoms with E-state index in [1.165, 1.54) is 4.90 Å². The lowest BCUT2D eigenvalue weighted by Gasteiger charge is -2.51. The number of aryl methyl sites for hydroxylation is 1. The quantitative estimate of drug-likeness (QED) is 0.679. The molecule has 0 spiro atoms. The topological polar surface area (TPSA) is 46.6 Å². The first kappa shape index (κ1) is 11.9. The molecule has 2 bridgehead atoms. The van der Waals surface area contributed by atoms with Crippen molar-refractivity contribution in [3.63, 3.8) is 0 Å². The van der Waals surface area contributed by atoms with Crippen molar-refractivity contribution in [2.45, 2.75) is 20.8 Å². The predicted molar refractivity (Wildman–Crippen MR) is 73.4 cm³/mol. The second kappa shape index (κ2) is 3.43. The van der Waals surface area contributed by atoms with Crippen molar-refractivity contribution in [3.8, 4) is 5.75 Å². The molecule has 0 aromatic heterocycles. The maximum absolute atomic E-state index is 12.8. The van der Waals surface area contributed by atoms with Crippen LogP contribution >= 0.6 is 0 Å². The van der Waals surface area contributed by atoms with Crippen LogP contribution in [0, 0.1) is 30.1 Å². The third kappa shape index (κ3) is 1.06. The third-order valence-electron chi connectivity index (χ3n) is 5.57. The van der Waals surface area contributed by atoms with Crippen LogP contribution in [0.1, 0.15) is 19.4 Å². The number of carbonyl (C=O) groups excluding carboxylic acids is 2. The fraction of sp³-hybridized carbons (Fsp3) is 0.500. The summed E-state index contributed by atoms with van der Waals surface area (Å²) in [6.45, 7) is 6.40. The van der Waals surface area contributed by atoms with Gasteiger partial charge in [0.25, 0.3) is 0 Å². The Labute approximate surface area is 117 Å². The van der Waals surface area contributed by atoms with E-state index < -0.39 is 5.41 Å². The summed E-state index contributed by atoms with van der Waals surface area (Å²) in [4.78, 5) is 26.9. The maximum Gasteiger partial charge on any atom is 0.241 e. The van der Waals surface area contributed by atoms with Crippen LogP contribution in [0.5, 0.6) is 5.75 Å². The van der Waals surface area contributed by atoms with E-state index in [-0.39, 0.29) is 29.6 Å². The number of nitrogens with zero attached hydrogens (tertiary/aromatic N) is 1. The molecule has 104 valence electrons. The van der Waals surface area contributed by atoms with Gasteiger partial charge in [-0.1, -0.05) is 19.1 Å². The van der Waals surface area contributed by atoms with Crippen molar-refractivity contribution >= 4 is 17.5 Å². The van der Waals surface area contributed by atoms with E-state index in [2.05, 4.69) is 6.92 Å². The Bertz CT molecular complexity index is 653. The van der Waals surface area contributed by atoms with Crippen LogP contribution in [0.15, 0.2) is 18.2 Å². The van der Waals surface area contributed by atoms with E-state index >= 15 is 0 Å². The zero-order valence-electron chi connectivity index (χ0n) is 11.8. The largest absolute Gasteiger partial charge is 0.491 e. The van der Waals surface area contributed by atoms with Gasteiger partial charge in [0.05, 0.1) is 23.6 Å². The molecule has 4 nitrogen and oxygen atoms in total. The molecule has 1 aromatic rings. The van der Waals surface area contributed by atoms with Crippen molar-refractivity contribution in [2.75, 3.05) is 11.5 Å². The summed E-state index contributed by atoms with van der Waals surface area (Å²) in [5.41, 5.74) is 0.972. The molecule has 2 heterocycles. The predicted octanol–water partition coefficient (Wildman–Crippen LogP) is 2.15. The van der Waals surface area contributed by atoms with Gasteiger partial charge in [0, 0.05) is 5.92 Å². The van der Waals surface area contributed by atoms with Crippen molar-refractivity contribution in [3.05, 3.63) is 23.8 Å². The maximum atomic E-state index is 12.8. The van der Waals surface area contributed by atoms with Crippen LogP contribution < -0.4 is 9.64 Å². The summed E-state index contributed by atoms with van der Waals surface area (Å²) >= 11 is 0. The molecule has 1 aromatic carbocycles. The zero-order chi connectivity index (χ0) is 14.2. The van der Waals surface area contributed by atoms with E-state index in [4.69, 9.17) is 4.74 Å². The van der Waals surface area contributed by atoms with Crippen molar-refractivity contribution < 1.29 is 14.3 Å². The van der Waals surface area contributed by atoms with Gasteiger partial charge in [-0.05, 0) is 31.4 Å². The number of hydrogen-bond acceptors (Lipinski definition) is 3. The van der Waals surface area contributed by atoms with Gasteiger partial charge in [-0.25, -0.2) is 4.90 Å². The van der Waals surface area contributed by atoms with Gasteiger partial charge in [-0.2, -0.15) is 0 Å². The van der Waals surface area contributed by atoms with Crippen LogP contribution in [0.3, 0.4) is 0 Å². The Hall–Kier alpha value is -1.84. The number of fused-ring (bicyclic) bond motifs is 3.